The van der Waals surface area contributed by atoms with E-state index in [1.165, 1.54) is 45.2 Å². The second kappa shape index (κ2) is 17.4. The van der Waals surface area contributed by atoms with Crippen LogP contribution in [-0.2, 0) is 26.5 Å². The van der Waals surface area contributed by atoms with Crippen molar-refractivity contribution in [2.75, 3.05) is 9.80 Å². The molecule has 14 rings (SSSR count). The maximum Gasteiger partial charge on any atom is 0 e. The average Bonchev–Trinajstić information content (AvgIpc) is 4.06. The van der Waals surface area contributed by atoms with Gasteiger partial charge < -0.3 is 0 Å². The average molecular weight is 1190 g/mol. The molecule has 0 bridgehead atoms. The zero-order valence-corrected chi connectivity index (χ0v) is 45.1. The van der Waals surface area contributed by atoms with Crippen molar-refractivity contribution in [1.82, 2.24) is 9.55 Å². The number of anilines is 4. The van der Waals surface area contributed by atoms with E-state index in [4.69, 9.17) is 9.72 Å². The minimum absolute atomic E-state index is 0. The zero-order valence-electron chi connectivity index (χ0n) is 39.9. The van der Waals surface area contributed by atoms with Gasteiger partial charge in [-0.3, -0.25) is 0 Å². The van der Waals surface area contributed by atoms with E-state index in [-0.39, 0.29) is 26.5 Å². The molecule has 1 unspecified atom stereocenters. The van der Waals surface area contributed by atoms with E-state index in [0.29, 0.717) is 16.2 Å². The van der Waals surface area contributed by atoms with Gasteiger partial charge >= 0.3 is 335 Å². The predicted octanol–water partition coefficient (Wildman–Crippen LogP) is 14.4. The van der Waals surface area contributed by atoms with Crippen LogP contribution >= 0.6 is 11.8 Å². The number of allylic oxidation sites excluding steroid dienone is 1. The van der Waals surface area contributed by atoms with Crippen molar-refractivity contribution in [1.29, 1.82) is 0 Å². The Hall–Kier alpha value is -6.83. The molecular weight excluding hydrogens is 1140 g/mol. The smallest absolute Gasteiger partial charge is 0 e. The van der Waals surface area contributed by atoms with Crippen LogP contribution in [0, 0.1) is 18.8 Å². The van der Waals surface area contributed by atoms with E-state index in [9.17, 15) is 0 Å². The minimum atomic E-state index is -3.54. The van der Waals surface area contributed by atoms with Crippen LogP contribution in [-0.4, -0.2) is 22.8 Å². The van der Waals surface area contributed by atoms with Crippen LogP contribution in [0.1, 0.15) is 48.8 Å². The first kappa shape index (κ1) is 45.1. The Morgan fingerprint density at radius 2 is 1.26 bits per heavy atom. The van der Waals surface area contributed by atoms with Crippen molar-refractivity contribution in [3.63, 3.8) is 0 Å². The van der Waals surface area contributed by atoms with Crippen LogP contribution in [0.5, 0.6) is 11.5 Å². The summed E-state index contributed by atoms with van der Waals surface area (Å²) in [4.78, 5) is 12.4. The first-order valence-corrected chi connectivity index (χ1v) is 29.6. The van der Waals surface area contributed by atoms with E-state index in [1.807, 2.05) is 24.0 Å². The molecule has 0 amide bonds. The zero-order chi connectivity index (χ0) is 47.4. The number of fused-ring (bicyclic) bond motifs is 7. The molecule has 72 heavy (non-hydrogen) atoms. The number of aromatic nitrogens is 2. The monoisotopic (exact) mass is 1190 g/mol. The third-order valence-corrected chi connectivity index (χ3v) is 28.2. The number of nitrogens with zero attached hydrogens (tertiary/aromatic N) is 4. The van der Waals surface area contributed by atoms with Crippen molar-refractivity contribution < 1.29 is 25.8 Å². The Labute approximate surface area is 442 Å². The number of hydrogen-bond donors (Lipinski definition) is 0. The summed E-state index contributed by atoms with van der Waals surface area (Å²) in [6, 6.07) is 75.8. The van der Waals surface area contributed by atoms with Crippen LogP contribution in [0.25, 0.3) is 45.1 Å². The number of benzene rings is 8. The molecule has 2 aromatic heterocycles. The molecule has 0 fully saturated rings. The van der Waals surface area contributed by atoms with Crippen LogP contribution in [0.3, 0.4) is 0 Å². The third-order valence-electron chi connectivity index (χ3n) is 15.0. The van der Waals surface area contributed by atoms with Gasteiger partial charge in [0.15, 0.2) is 0 Å². The van der Waals surface area contributed by atoms with E-state index in [2.05, 4.69) is 248 Å². The molecule has 0 saturated heterocycles. The molecule has 10 aromatic rings. The molecule has 0 radical (unpaired) electrons. The molecule has 0 N–H and O–H groups in total. The largest absolute Gasteiger partial charge is 0 e. The van der Waals surface area contributed by atoms with Crippen molar-refractivity contribution in [2.24, 2.45) is 0 Å². The number of para-hydroxylation sites is 3. The number of hydrogen-bond acceptors (Lipinski definition) is 5. The molecule has 1 spiro atoms. The molecule has 0 saturated carbocycles. The quantitative estimate of drug-likeness (QED) is 0.117. The molecule has 1 atom stereocenters. The fraction of sp³-hybridized carbons (Fsp3) is 0.0938. The van der Waals surface area contributed by atoms with Gasteiger partial charge in [-0.15, -0.1) is 0 Å². The first-order chi connectivity index (χ1) is 34.8. The summed E-state index contributed by atoms with van der Waals surface area (Å²) in [7, 11) is 0. The second-order valence-corrected chi connectivity index (χ2v) is 29.3. The standard InChI is InChI=1S/C64H47GeN4OS.Pt/c1-64(2,3)44-35-36-66-60(37-44)69-56-32-18-29-52-61(56)62-53(65(52)50-27-10-14-33-58(50)71-59-34-15-11-28-51(59)65)39-47(40-57(62)69)70-46-24-16-23-45(38-46)67-41-68(55-31-13-12-30-54(55)67)63-48(42-19-6-4-7-20-42)25-17-26-49(63)43-21-8-5-9-22-43;/h4-28,30-37,39,41,52H,29H2,1-3H3;/q-3;. The summed E-state index contributed by atoms with van der Waals surface area (Å²) in [5.41, 5.74) is 13.6. The number of ether oxygens (including phenoxy) is 1. The van der Waals surface area contributed by atoms with E-state index >= 15 is 0 Å². The second-order valence-electron chi connectivity index (χ2n) is 19.9. The first-order valence-electron chi connectivity index (χ1n) is 24.5. The van der Waals surface area contributed by atoms with Crippen LogP contribution in [0.15, 0.2) is 210 Å². The molecule has 5 nitrogen and oxygen atoms in total. The number of rotatable bonds is 7. The van der Waals surface area contributed by atoms with Crippen LogP contribution < -0.4 is 27.7 Å². The molecule has 1 aliphatic carbocycles. The summed E-state index contributed by atoms with van der Waals surface area (Å²) < 4.78 is 14.4. The van der Waals surface area contributed by atoms with Gasteiger partial charge in [0.2, 0.25) is 0 Å². The summed E-state index contributed by atoms with van der Waals surface area (Å²) in [6.07, 6.45) is 7.72. The van der Waals surface area contributed by atoms with Gasteiger partial charge in [0, 0.05) is 21.1 Å². The molecule has 3 aliphatic heterocycles. The molecular formula is C64H47GeN4OPtS-3. The van der Waals surface area contributed by atoms with E-state index < -0.39 is 13.3 Å². The van der Waals surface area contributed by atoms with Gasteiger partial charge in [0.1, 0.15) is 0 Å². The molecule has 4 aliphatic rings. The van der Waals surface area contributed by atoms with Crippen LogP contribution in [0.4, 0.5) is 22.7 Å². The van der Waals surface area contributed by atoms with Gasteiger partial charge in [-0.25, -0.2) is 0 Å². The van der Waals surface area contributed by atoms with Gasteiger partial charge in [-0.1, -0.05) is 78.9 Å². The Bertz CT molecular complexity index is 3700. The Balaban J connectivity index is 0.00000504. The molecule has 352 valence electrons. The van der Waals surface area contributed by atoms with E-state index in [1.54, 1.807) is 0 Å². The minimum Gasteiger partial charge on any atom is 0 e. The normalized spacial score (nSPS) is 15.6. The fourth-order valence-corrected chi connectivity index (χ4v) is 27.5. The molecule has 8 aromatic carbocycles. The van der Waals surface area contributed by atoms with Gasteiger partial charge in [0.25, 0.3) is 0 Å². The topological polar surface area (TPSA) is 33.5 Å². The maximum atomic E-state index is 7.19. The SMILES string of the molecule is CC(C)(C)c1ccnc(-n2c3c4c5[c](cc(Oc6[c-]c(N7[CH-]N(c8c(-c9ccccc9)cccc8-c8ccccc8)c8ccccc87)ccc6)[c-]c52)[Ge]2([c]5ccccc5Sc5cccc[c]52)[CH]4CC=C3)c1.[Pt]. The van der Waals surface area contributed by atoms with Crippen molar-refractivity contribution >= 4 is 77.9 Å². The summed E-state index contributed by atoms with van der Waals surface area (Å²) in [5.74, 6) is 2.21. The van der Waals surface area contributed by atoms with E-state index in [0.717, 1.165) is 62.8 Å². The van der Waals surface area contributed by atoms with Gasteiger partial charge in [0.05, 0.1) is 0 Å². The van der Waals surface area contributed by atoms with Gasteiger partial charge in [-0.2, -0.15) is 0 Å². The Morgan fingerprint density at radius 3 is 1.94 bits per heavy atom. The Morgan fingerprint density at radius 1 is 0.639 bits per heavy atom. The van der Waals surface area contributed by atoms with Crippen molar-refractivity contribution in [3.05, 3.63) is 236 Å². The fourth-order valence-electron chi connectivity index (χ4n) is 11.9. The van der Waals surface area contributed by atoms with Crippen LogP contribution in [0.2, 0.25) is 0 Å². The summed E-state index contributed by atoms with van der Waals surface area (Å²) in [5, 5.41) is 1.33. The maximum absolute atomic E-state index is 7.19. The van der Waals surface area contributed by atoms with Crippen molar-refractivity contribution in [2.45, 2.75) is 47.1 Å². The predicted molar refractivity (Wildman–Crippen MR) is 294 cm³/mol. The summed E-state index contributed by atoms with van der Waals surface area (Å²) in [6.45, 7) is 9.01. The number of pyridine rings is 1. The summed E-state index contributed by atoms with van der Waals surface area (Å²) >= 11 is -1.62. The third kappa shape index (κ3) is 6.90. The molecule has 5 heterocycles. The van der Waals surface area contributed by atoms with Gasteiger partial charge in [-0.05, 0) is 11.1 Å². The molecule has 8 heteroatoms. The Kier molecular flexibility index (Phi) is 10.9. The van der Waals surface area contributed by atoms with Crippen molar-refractivity contribution in [3.8, 4) is 39.6 Å².